The van der Waals surface area contributed by atoms with Crippen LogP contribution in [0.25, 0.3) is 11.0 Å². The van der Waals surface area contributed by atoms with Crippen LogP contribution in [0, 0.1) is 19.8 Å². The number of pyridine rings is 1. The van der Waals surface area contributed by atoms with E-state index in [2.05, 4.69) is 21.9 Å². The highest BCUT2D eigenvalue weighted by Crippen LogP contribution is 2.27. The third kappa shape index (κ3) is 6.32. The van der Waals surface area contributed by atoms with E-state index < -0.39 is 10.8 Å². The molecule has 1 aliphatic carbocycles. The Morgan fingerprint density at radius 2 is 1.91 bits per heavy atom. The summed E-state index contributed by atoms with van der Waals surface area (Å²) < 4.78 is 23.3. The molecular formula is C25H36N4O3S. The van der Waals surface area contributed by atoms with Crippen LogP contribution in [0.3, 0.4) is 0 Å². The molecule has 3 aromatic rings. The standard InChI is InChI=1S/C17H19N3O3S.C8H17N/c1-10-8-18-15(11(2)16(10)23-4)9-24(21)17-19-13-6-5-12(22-3)7-14(13)20-17;1-7(9)8-5-3-2-4-6-8/h5-8H,9H2,1-4H3,(H,19,20);7-8H,2-6,9H2,1H3/t24-;7-/m10/s1. The van der Waals surface area contributed by atoms with Crippen molar-refractivity contribution in [3.63, 3.8) is 0 Å². The van der Waals surface area contributed by atoms with Crippen LogP contribution in [0.2, 0.25) is 0 Å². The molecule has 1 fully saturated rings. The van der Waals surface area contributed by atoms with Gasteiger partial charge < -0.3 is 20.2 Å². The topological polar surface area (TPSA) is 103 Å². The molecule has 2 heterocycles. The predicted molar refractivity (Wildman–Crippen MR) is 133 cm³/mol. The number of nitrogens with zero attached hydrogens (tertiary/aromatic N) is 2. The van der Waals surface area contributed by atoms with Gasteiger partial charge in [-0.3, -0.25) is 9.19 Å². The highest BCUT2D eigenvalue weighted by Gasteiger charge is 2.17. The van der Waals surface area contributed by atoms with E-state index in [0.29, 0.717) is 11.2 Å². The van der Waals surface area contributed by atoms with Gasteiger partial charge in [0.1, 0.15) is 11.5 Å². The van der Waals surface area contributed by atoms with Crippen LogP contribution in [0.1, 0.15) is 55.8 Å². The van der Waals surface area contributed by atoms with Gasteiger partial charge in [0, 0.05) is 29.4 Å². The summed E-state index contributed by atoms with van der Waals surface area (Å²) in [7, 11) is 1.91. The van der Waals surface area contributed by atoms with Gasteiger partial charge in [0.05, 0.1) is 47.5 Å². The van der Waals surface area contributed by atoms with E-state index in [-0.39, 0.29) is 5.75 Å². The summed E-state index contributed by atoms with van der Waals surface area (Å²) in [5.41, 5.74) is 9.93. The van der Waals surface area contributed by atoms with Crippen LogP contribution < -0.4 is 15.2 Å². The van der Waals surface area contributed by atoms with Gasteiger partial charge in [-0.05, 0) is 51.7 Å². The number of aromatic amines is 1. The minimum absolute atomic E-state index is 0.277. The van der Waals surface area contributed by atoms with Gasteiger partial charge in [-0.25, -0.2) is 4.98 Å². The zero-order chi connectivity index (χ0) is 24.0. The van der Waals surface area contributed by atoms with Gasteiger partial charge in [0.2, 0.25) is 0 Å². The second kappa shape index (κ2) is 11.6. The number of aryl methyl sites for hydroxylation is 1. The van der Waals surface area contributed by atoms with Crippen LogP contribution >= 0.6 is 0 Å². The zero-order valence-electron chi connectivity index (χ0n) is 20.3. The largest absolute Gasteiger partial charge is 0.497 e. The molecule has 2 aromatic heterocycles. The number of nitrogens with two attached hydrogens (primary N) is 1. The summed E-state index contributed by atoms with van der Waals surface area (Å²) in [5.74, 6) is 2.62. The predicted octanol–water partition coefficient (Wildman–Crippen LogP) is 4.81. The van der Waals surface area contributed by atoms with Crippen molar-refractivity contribution >= 4 is 21.8 Å². The molecular weight excluding hydrogens is 436 g/mol. The van der Waals surface area contributed by atoms with Gasteiger partial charge in [0.25, 0.3) is 0 Å². The minimum atomic E-state index is -1.33. The number of nitrogens with one attached hydrogen (secondary N) is 1. The molecule has 7 nitrogen and oxygen atoms in total. The first kappa shape index (κ1) is 25.2. The monoisotopic (exact) mass is 472 g/mol. The molecule has 2 atom stereocenters. The number of fused-ring (bicyclic) bond motifs is 1. The van der Waals surface area contributed by atoms with Crippen molar-refractivity contribution in [2.24, 2.45) is 11.7 Å². The fraction of sp³-hybridized carbons (Fsp3) is 0.520. The van der Waals surface area contributed by atoms with Gasteiger partial charge >= 0.3 is 0 Å². The van der Waals surface area contributed by atoms with Crippen LogP contribution in [0.4, 0.5) is 0 Å². The molecule has 8 heteroatoms. The Labute approximate surface area is 199 Å². The van der Waals surface area contributed by atoms with Crippen molar-refractivity contribution < 1.29 is 13.7 Å². The Morgan fingerprint density at radius 3 is 2.52 bits per heavy atom. The van der Waals surface area contributed by atoms with Gasteiger partial charge in [-0.15, -0.1) is 0 Å². The fourth-order valence-corrected chi connectivity index (χ4v) is 5.37. The van der Waals surface area contributed by atoms with Crippen LogP contribution in [-0.4, -0.2) is 39.4 Å². The molecule has 180 valence electrons. The Kier molecular flexibility index (Phi) is 8.86. The van der Waals surface area contributed by atoms with E-state index in [1.165, 1.54) is 32.1 Å². The van der Waals surface area contributed by atoms with Crippen LogP contribution in [0.15, 0.2) is 29.6 Å². The molecule has 0 unspecified atom stereocenters. The number of rotatable bonds is 6. The number of hydrogen-bond acceptors (Lipinski definition) is 6. The van der Waals surface area contributed by atoms with E-state index in [1.54, 1.807) is 20.4 Å². The third-order valence-electron chi connectivity index (χ3n) is 6.29. The number of benzene rings is 1. The molecule has 1 aromatic carbocycles. The van der Waals surface area contributed by atoms with Crippen molar-refractivity contribution in [2.45, 2.75) is 69.8 Å². The molecule has 0 radical (unpaired) electrons. The van der Waals surface area contributed by atoms with E-state index in [0.717, 1.165) is 45.3 Å². The van der Waals surface area contributed by atoms with E-state index in [4.69, 9.17) is 15.2 Å². The fourth-order valence-electron chi connectivity index (χ4n) is 4.27. The average Bonchev–Trinajstić information content (AvgIpc) is 3.26. The van der Waals surface area contributed by atoms with Crippen molar-refractivity contribution in [3.05, 3.63) is 41.2 Å². The van der Waals surface area contributed by atoms with Gasteiger partial charge in [-0.1, -0.05) is 19.3 Å². The first-order valence-electron chi connectivity index (χ1n) is 11.5. The first-order valence-corrected chi connectivity index (χ1v) is 12.8. The summed E-state index contributed by atoms with van der Waals surface area (Å²) in [4.78, 5) is 11.9. The second-order valence-corrected chi connectivity index (χ2v) is 10.1. The van der Waals surface area contributed by atoms with Crippen molar-refractivity contribution in [1.29, 1.82) is 0 Å². The summed E-state index contributed by atoms with van der Waals surface area (Å²) in [5, 5.41) is 0.430. The van der Waals surface area contributed by atoms with E-state index in [9.17, 15) is 4.21 Å². The normalized spacial score (nSPS) is 16.1. The summed E-state index contributed by atoms with van der Waals surface area (Å²) >= 11 is 0. The molecule has 0 amide bonds. The minimum Gasteiger partial charge on any atom is -0.497 e. The smallest absolute Gasteiger partial charge is 0.197 e. The molecule has 3 N–H and O–H groups in total. The maximum Gasteiger partial charge on any atom is 0.197 e. The van der Waals surface area contributed by atoms with Crippen molar-refractivity contribution in [3.8, 4) is 11.5 Å². The highest BCUT2D eigenvalue weighted by molar-refractivity contribution is 7.84. The maximum absolute atomic E-state index is 12.7. The number of H-pyrrole nitrogens is 1. The molecule has 0 aliphatic heterocycles. The number of aromatic nitrogens is 3. The quantitative estimate of drug-likeness (QED) is 0.533. The third-order valence-corrected chi connectivity index (χ3v) is 7.45. The number of methoxy groups -OCH3 is 2. The lowest BCUT2D eigenvalue weighted by molar-refractivity contribution is 0.316. The van der Waals surface area contributed by atoms with E-state index >= 15 is 0 Å². The van der Waals surface area contributed by atoms with Crippen LogP contribution in [-0.2, 0) is 16.6 Å². The molecule has 0 bridgehead atoms. The second-order valence-electron chi connectivity index (χ2n) is 8.72. The Balaban J connectivity index is 0.000000286. The molecule has 1 saturated carbocycles. The maximum atomic E-state index is 12.7. The molecule has 0 spiro atoms. The van der Waals surface area contributed by atoms with Gasteiger partial charge in [0.15, 0.2) is 5.16 Å². The average molecular weight is 473 g/mol. The molecule has 4 rings (SSSR count). The lowest BCUT2D eigenvalue weighted by Gasteiger charge is -2.24. The SMILES string of the molecule is COc1ccc2nc([S@](=O)Cc3ncc(C)c(OC)c3C)[nH]c2c1.C[C@H](N)C1CCCCC1. The van der Waals surface area contributed by atoms with Crippen molar-refractivity contribution in [2.75, 3.05) is 14.2 Å². The van der Waals surface area contributed by atoms with Gasteiger partial charge in [-0.2, -0.15) is 0 Å². The Bertz CT molecular complexity index is 1090. The molecule has 0 saturated heterocycles. The summed E-state index contributed by atoms with van der Waals surface area (Å²) in [6, 6.07) is 5.93. The first-order chi connectivity index (χ1) is 15.8. The van der Waals surface area contributed by atoms with Crippen molar-refractivity contribution in [1.82, 2.24) is 15.0 Å². The Morgan fingerprint density at radius 1 is 1.18 bits per heavy atom. The summed E-state index contributed by atoms with van der Waals surface area (Å²) in [6.07, 6.45) is 8.73. The lowest BCUT2D eigenvalue weighted by atomic mass is 9.85. The number of imidazole rings is 1. The molecule has 33 heavy (non-hydrogen) atoms. The number of hydrogen-bond donors (Lipinski definition) is 2. The zero-order valence-corrected chi connectivity index (χ0v) is 21.1. The molecule has 1 aliphatic rings. The Hall–Kier alpha value is -2.45. The highest BCUT2D eigenvalue weighted by atomic mass is 32.2. The summed E-state index contributed by atoms with van der Waals surface area (Å²) in [6.45, 7) is 6.00. The lowest BCUT2D eigenvalue weighted by Crippen LogP contribution is -2.27. The van der Waals surface area contributed by atoms with Crippen LogP contribution in [0.5, 0.6) is 11.5 Å². The number of ether oxygens (including phenoxy) is 2. The van der Waals surface area contributed by atoms with E-state index in [1.807, 2.05) is 32.0 Å².